The van der Waals surface area contributed by atoms with E-state index in [0.717, 1.165) is 0 Å². The van der Waals surface area contributed by atoms with Gasteiger partial charge in [0, 0.05) is 19.1 Å². The van der Waals surface area contributed by atoms with Gasteiger partial charge in [0.15, 0.2) is 0 Å². The molecular weight excluding hydrogens is 180 g/mol. The summed E-state index contributed by atoms with van der Waals surface area (Å²) in [5.41, 5.74) is 0. The van der Waals surface area contributed by atoms with Gasteiger partial charge in [-0.15, -0.1) is 0 Å². The first-order valence-corrected chi connectivity index (χ1v) is 4.21. The van der Waals surface area contributed by atoms with Crippen molar-refractivity contribution in [1.82, 2.24) is 4.90 Å². The molecule has 0 aromatic carbocycles. The summed E-state index contributed by atoms with van der Waals surface area (Å²) < 4.78 is 25.6. The zero-order valence-corrected chi connectivity index (χ0v) is 7.63. The van der Waals surface area contributed by atoms with E-state index in [-0.39, 0.29) is 19.1 Å². The molecule has 0 atom stereocenters. The second kappa shape index (κ2) is 3.21. The Labute approximate surface area is 75.3 Å². The van der Waals surface area contributed by atoms with Gasteiger partial charge in [-0.05, 0) is 13.8 Å². The molecule has 0 bridgehead atoms. The monoisotopic (exact) mass is 193 g/mol. The number of carbonyl (C=O) groups is 1. The molecule has 0 unspecified atom stereocenters. The van der Waals surface area contributed by atoms with E-state index in [1.807, 2.05) is 18.7 Å². The van der Waals surface area contributed by atoms with Crippen molar-refractivity contribution in [2.24, 2.45) is 5.92 Å². The van der Waals surface area contributed by atoms with E-state index in [1.54, 1.807) is 0 Å². The van der Waals surface area contributed by atoms with Crippen LogP contribution in [0.25, 0.3) is 0 Å². The number of nitrogens with zero attached hydrogens (tertiary/aromatic N) is 1. The molecule has 13 heavy (non-hydrogen) atoms. The average molecular weight is 193 g/mol. The summed E-state index contributed by atoms with van der Waals surface area (Å²) in [6.07, 6.45) is 0. The van der Waals surface area contributed by atoms with E-state index < -0.39 is 17.8 Å². The molecule has 0 aromatic heterocycles. The third kappa shape index (κ3) is 1.80. The van der Waals surface area contributed by atoms with Crippen molar-refractivity contribution in [3.63, 3.8) is 0 Å². The molecule has 0 amide bonds. The van der Waals surface area contributed by atoms with Crippen LogP contribution in [0.15, 0.2) is 0 Å². The maximum Gasteiger partial charge on any atom is 0.374 e. The van der Waals surface area contributed by atoms with Gasteiger partial charge in [-0.2, -0.15) is 8.78 Å². The molecule has 1 aliphatic rings. The van der Waals surface area contributed by atoms with Gasteiger partial charge in [0.1, 0.15) is 0 Å². The van der Waals surface area contributed by atoms with Crippen molar-refractivity contribution in [2.45, 2.75) is 25.8 Å². The van der Waals surface area contributed by atoms with Gasteiger partial charge in [-0.25, -0.2) is 4.79 Å². The number of halogens is 2. The second-order valence-electron chi connectivity index (χ2n) is 3.67. The largest absolute Gasteiger partial charge is 0.477 e. The lowest BCUT2D eigenvalue weighted by Crippen LogP contribution is -2.59. The van der Waals surface area contributed by atoms with Crippen LogP contribution in [0.3, 0.4) is 0 Å². The fourth-order valence-electron chi connectivity index (χ4n) is 1.34. The van der Waals surface area contributed by atoms with Gasteiger partial charge in [0.2, 0.25) is 0 Å². The predicted molar refractivity (Wildman–Crippen MR) is 42.8 cm³/mol. The van der Waals surface area contributed by atoms with E-state index in [4.69, 9.17) is 5.11 Å². The molecule has 1 heterocycles. The zero-order valence-electron chi connectivity index (χ0n) is 7.63. The average Bonchev–Trinajstić information content (AvgIpc) is 1.80. The Morgan fingerprint density at radius 3 is 2.31 bits per heavy atom. The fourth-order valence-corrected chi connectivity index (χ4v) is 1.34. The molecular formula is C8H13F2NO2. The molecule has 0 aliphatic carbocycles. The van der Waals surface area contributed by atoms with Crippen LogP contribution < -0.4 is 0 Å². The minimum atomic E-state index is -3.56. The van der Waals surface area contributed by atoms with E-state index >= 15 is 0 Å². The third-order valence-electron chi connectivity index (χ3n) is 2.44. The van der Waals surface area contributed by atoms with Crippen LogP contribution in [-0.2, 0) is 4.79 Å². The summed E-state index contributed by atoms with van der Waals surface area (Å²) in [5, 5.41) is 8.23. The number of hydrogen-bond donors (Lipinski definition) is 1. The minimum absolute atomic E-state index is 0.178. The molecule has 5 heteroatoms. The lowest BCUT2D eigenvalue weighted by atomic mass is 9.91. The summed E-state index contributed by atoms with van der Waals surface area (Å²) in [6.45, 7) is 4.15. The van der Waals surface area contributed by atoms with Crippen LogP contribution in [0.2, 0.25) is 0 Å². The number of aliphatic carboxylic acids is 1. The highest BCUT2D eigenvalue weighted by Crippen LogP contribution is 2.33. The molecule has 1 fully saturated rings. The van der Waals surface area contributed by atoms with Gasteiger partial charge in [-0.3, -0.25) is 4.90 Å². The molecule has 1 N–H and O–H groups in total. The first-order valence-electron chi connectivity index (χ1n) is 4.21. The fraction of sp³-hybridized carbons (Fsp3) is 0.875. The highest BCUT2D eigenvalue weighted by Gasteiger charge is 2.52. The SMILES string of the molecule is CC(C)N1CC(C(F)(F)C(=O)O)C1. The lowest BCUT2D eigenvalue weighted by molar-refractivity contribution is -0.185. The standard InChI is InChI=1S/C8H13F2NO2/c1-5(2)11-3-6(4-11)8(9,10)7(12)13/h5-6H,3-4H2,1-2H3,(H,12,13). The van der Waals surface area contributed by atoms with Gasteiger partial charge in [-0.1, -0.05) is 0 Å². The Hall–Kier alpha value is -0.710. The lowest BCUT2D eigenvalue weighted by Gasteiger charge is -2.43. The first-order chi connectivity index (χ1) is 5.85. The van der Waals surface area contributed by atoms with Crippen LogP contribution in [-0.4, -0.2) is 41.0 Å². The number of likely N-dealkylation sites (tertiary alicyclic amines) is 1. The van der Waals surface area contributed by atoms with Crippen molar-refractivity contribution in [1.29, 1.82) is 0 Å². The summed E-state index contributed by atoms with van der Waals surface area (Å²) in [4.78, 5) is 12.0. The van der Waals surface area contributed by atoms with Crippen molar-refractivity contribution in [3.05, 3.63) is 0 Å². The van der Waals surface area contributed by atoms with Gasteiger partial charge >= 0.3 is 11.9 Å². The Morgan fingerprint density at radius 1 is 1.54 bits per heavy atom. The molecule has 0 spiro atoms. The van der Waals surface area contributed by atoms with Crippen LogP contribution >= 0.6 is 0 Å². The van der Waals surface area contributed by atoms with Crippen LogP contribution in [0, 0.1) is 5.92 Å². The van der Waals surface area contributed by atoms with Gasteiger partial charge < -0.3 is 5.11 Å². The molecule has 0 saturated carbocycles. The number of rotatable bonds is 3. The van der Waals surface area contributed by atoms with E-state index in [1.165, 1.54) is 0 Å². The van der Waals surface area contributed by atoms with Crippen LogP contribution in [0.5, 0.6) is 0 Å². The third-order valence-corrected chi connectivity index (χ3v) is 2.44. The zero-order chi connectivity index (χ0) is 10.2. The quantitative estimate of drug-likeness (QED) is 0.728. The van der Waals surface area contributed by atoms with Crippen LogP contribution in [0.4, 0.5) is 8.78 Å². The molecule has 1 aliphatic heterocycles. The number of carboxylic acids is 1. The van der Waals surface area contributed by atoms with Crippen LogP contribution in [0.1, 0.15) is 13.8 Å². The maximum atomic E-state index is 12.8. The van der Waals surface area contributed by atoms with E-state index in [9.17, 15) is 13.6 Å². The van der Waals surface area contributed by atoms with Crippen molar-refractivity contribution in [2.75, 3.05) is 13.1 Å². The van der Waals surface area contributed by atoms with E-state index in [0.29, 0.717) is 0 Å². The Balaban J connectivity index is 2.47. The molecule has 0 aromatic rings. The molecule has 3 nitrogen and oxygen atoms in total. The summed E-state index contributed by atoms with van der Waals surface area (Å²) in [5.74, 6) is -6.60. The highest BCUT2D eigenvalue weighted by atomic mass is 19.3. The van der Waals surface area contributed by atoms with Crippen molar-refractivity contribution >= 4 is 5.97 Å². The normalized spacial score (nSPS) is 20.4. The number of alkyl halides is 2. The summed E-state index contributed by atoms with van der Waals surface area (Å²) >= 11 is 0. The minimum Gasteiger partial charge on any atom is -0.477 e. The molecule has 76 valence electrons. The maximum absolute atomic E-state index is 12.8. The number of hydrogen-bond acceptors (Lipinski definition) is 2. The van der Waals surface area contributed by atoms with E-state index in [2.05, 4.69) is 0 Å². The topological polar surface area (TPSA) is 40.5 Å². The Morgan fingerprint density at radius 2 is 2.00 bits per heavy atom. The van der Waals surface area contributed by atoms with Gasteiger partial charge in [0.05, 0.1) is 5.92 Å². The Bertz CT molecular complexity index is 212. The van der Waals surface area contributed by atoms with Gasteiger partial charge in [0.25, 0.3) is 0 Å². The van der Waals surface area contributed by atoms with Crippen molar-refractivity contribution < 1.29 is 18.7 Å². The number of carboxylic acid groups (broad SMARTS) is 1. The second-order valence-corrected chi connectivity index (χ2v) is 3.67. The molecule has 0 radical (unpaired) electrons. The Kier molecular flexibility index (Phi) is 2.56. The van der Waals surface area contributed by atoms with Crippen molar-refractivity contribution in [3.8, 4) is 0 Å². The predicted octanol–water partition coefficient (Wildman–Crippen LogP) is 1.05. The molecule has 1 rings (SSSR count). The summed E-state index contributed by atoms with van der Waals surface area (Å²) in [7, 11) is 0. The summed E-state index contributed by atoms with van der Waals surface area (Å²) in [6, 6.07) is 0.209. The highest BCUT2D eigenvalue weighted by molar-refractivity contribution is 5.75. The molecule has 1 saturated heterocycles. The smallest absolute Gasteiger partial charge is 0.374 e. The first kappa shape index (κ1) is 10.4.